The van der Waals surface area contributed by atoms with E-state index < -0.39 is 5.92 Å². The van der Waals surface area contributed by atoms with E-state index in [1.165, 1.54) is 0 Å². The van der Waals surface area contributed by atoms with Gasteiger partial charge < -0.3 is 9.64 Å². The van der Waals surface area contributed by atoms with Gasteiger partial charge in [-0.1, -0.05) is 30.3 Å². The van der Waals surface area contributed by atoms with E-state index in [0.29, 0.717) is 12.3 Å². The molecule has 0 radical (unpaired) electrons. The number of carbonyl (C=O) groups is 2. The number of aryl methyl sites for hydroxylation is 1. The quantitative estimate of drug-likeness (QED) is 0.646. The third-order valence-corrected chi connectivity index (χ3v) is 4.29. The zero-order chi connectivity index (χ0) is 16.4. The summed E-state index contributed by atoms with van der Waals surface area (Å²) in [7, 11) is 0. The van der Waals surface area contributed by atoms with Gasteiger partial charge in [0.15, 0.2) is 0 Å². The lowest BCUT2D eigenvalue weighted by atomic mass is 10.1. The van der Waals surface area contributed by atoms with Crippen molar-refractivity contribution in [3.05, 3.63) is 59.7 Å². The van der Waals surface area contributed by atoms with Gasteiger partial charge in [-0.2, -0.15) is 0 Å². The maximum atomic E-state index is 12.4. The number of anilines is 1. The third kappa shape index (κ3) is 3.11. The van der Waals surface area contributed by atoms with Gasteiger partial charge in [0.05, 0.1) is 5.92 Å². The number of hydrogen-bond acceptors (Lipinski definition) is 3. The smallest absolute Gasteiger partial charge is 0.316 e. The first-order valence-corrected chi connectivity index (χ1v) is 7.69. The van der Waals surface area contributed by atoms with E-state index in [1.54, 1.807) is 11.0 Å². The Kier molecular flexibility index (Phi) is 4.15. The van der Waals surface area contributed by atoms with E-state index in [2.05, 4.69) is 0 Å². The summed E-state index contributed by atoms with van der Waals surface area (Å²) in [5.41, 5.74) is 2.84. The molecule has 2 aromatic carbocycles. The number of rotatable bonds is 3. The Bertz CT molecular complexity index is 740. The Hall–Kier alpha value is -2.62. The van der Waals surface area contributed by atoms with E-state index in [9.17, 15) is 9.59 Å². The Morgan fingerprint density at radius 3 is 2.57 bits per heavy atom. The lowest BCUT2D eigenvalue weighted by Gasteiger charge is -2.16. The molecule has 0 bridgehead atoms. The van der Waals surface area contributed by atoms with Crippen LogP contribution in [0, 0.1) is 19.8 Å². The topological polar surface area (TPSA) is 46.6 Å². The predicted octanol–water partition coefficient (Wildman–Crippen LogP) is 3.26. The Morgan fingerprint density at radius 1 is 1.09 bits per heavy atom. The fraction of sp³-hybridized carbons (Fsp3) is 0.263. The van der Waals surface area contributed by atoms with Gasteiger partial charge in [0.25, 0.3) is 0 Å². The molecule has 4 nitrogen and oxygen atoms in total. The first kappa shape index (κ1) is 15.3. The fourth-order valence-corrected chi connectivity index (χ4v) is 2.75. The maximum absolute atomic E-state index is 12.4. The normalized spacial score (nSPS) is 17.4. The van der Waals surface area contributed by atoms with Crippen LogP contribution >= 0.6 is 0 Å². The minimum absolute atomic E-state index is 0.0425. The van der Waals surface area contributed by atoms with Crippen molar-refractivity contribution in [1.29, 1.82) is 0 Å². The molecule has 0 unspecified atom stereocenters. The van der Waals surface area contributed by atoms with Crippen LogP contribution in [0.4, 0.5) is 5.69 Å². The van der Waals surface area contributed by atoms with Crippen LogP contribution in [0.15, 0.2) is 48.5 Å². The number of para-hydroxylation sites is 1. The molecule has 0 aliphatic carbocycles. The summed E-state index contributed by atoms with van der Waals surface area (Å²) in [6.07, 6.45) is 0.193. The minimum atomic E-state index is -0.428. The van der Waals surface area contributed by atoms with Crippen molar-refractivity contribution in [3.63, 3.8) is 0 Å². The Labute approximate surface area is 135 Å². The number of carbonyl (C=O) groups excluding carboxylic acids is 2. The Balaban J connectivity index is 1.72. The summed E-state index contributed by atoms with van der Waals surface area (Å²) < 4.78 is 5.52. The summed E-state index contributed by atoms with van der Waals surface area (Å²) in [5, 5.41) is 0. The molecule has 1 amide bonds. The second-order valence-corrected chi connectivity index (χ2v) is 5.86. The van der Waals surface area contributed by atoms with Crippen LogP contribution in [0.1, 0.15) is 17.5 Å². The van der Waals surface area contributed by atoms with Crippen LogP contribution in [-0.2, 0) is 9.59 Å². The molecule has 1 aliphatic heterocycles. The average molecular weight is 309 g/mol. The van der Waals surface area contributed by atoms with Gasteiger partial charge in [0, 0.05) is 18.7 Å². The van der Waals surface area contributed by atoms with Gasteiger partial charge in [-0.05, 0) is 43.2 Å². The number of hydrogen-bond donors (Lipinski definition) is 0. The molecule has 1 heterocycles. The van der Waals surface area contributed by atoms with Gasteiger partial charge >= 0.3 is 5.97 Å². The number of ether oxygens (including phenoxy) is 1. The van der Waals surface area contributed by atoms with Crippen molar-refractivity contribution in [2.24, 2.45) is 5.92 Å². The van der Waals surface area contributed by atoms with Crippen molar-refractivity contribution in [3.8, 4) is 5.75 Å². The second-order valence-electron chi connectivity index (χ2n) is 5.86. The van der Waals surface area contributed by atoms with E-state index in [1.807, 2.05) is 56.3 Å². The van der Waals surface area contributed by atoms with Crippen LogP contribution in [0.2, 0.25) is 0 Å². The van der Waals surface area contributed by atoms with Gasteiger partial charge in [0.2, 0.25) is 5.91 Å². The molecule has 2 aromatic rings. The molecule has 118 valence electrons. The molecule has 0 aromatic heterocycles. The van der Waals surface area contributed by atoms with Crippen molar-refractivity contribution in [2.75, 3.05) is 11.4 Å². The molecule has 0 saturated carbocycles. The highest BCUT2D eigenvalue weighted by Crippen LogP contribution is 2.27. The first-order valence-electron chi connectivity index (χ1n) is 7.69. The highest BCUT2D eigenvalue weighted by Gasteiger charge is 2.36. The molecule has 23 heavy (non-hydrogen) atoms. The lowest BCUT2D eigenvalue weighted by Crippen LogP contribution is -2.27. The Morgan fingerprint density at radius 2 is 1.83 bits per heavy atom. The van der Waals surface area contributed by atoms with Gasteiger partial charge in [-0.25, -0.2) is 0 Å². The van der Waals surface area contributed by atoms with Crippen LogP contribution in [0.25, 0.3) is 0 Å². The van der Waals surface area contributed by atoms with Crippen LogP contribution < -0.4 is 9.64 Å². The standard InChI is InChI=1S/C19H19NO3/c1-13-7-6-10-17(14(13)2)23-19(22)15-11-18(21)20(12-15)16-8-4-3-5-9-16/h3-10,15H,11-12H2,1-2H3/t15-/m0/s1. The number of nitrogens with zero attached hydrogens (tertiary/aromatic N) is 1. The molecule has 3 rings (SSSR count). The second kappa shape index (κ2) is 6.24. The van der Waals surface area contributed by atoms with Gasteiger partial charge in [-0.3, -0.25) is 9.59 Å². The lowest BCUT2D eigenvalue weighted by molar-refractivity contribution is -0.139. The molecular weight excluding hydrogens is 290 g/mol. The van der Waals surface area contributed by atoms with Crippen LogP contribution in [0.3, 0.4) is 0 Å². The largest absolute Gasteiger partial charge is 0.426 e. The number of benzene rings is 2. The summed E-state index contributed by atoms with van der Waals surface area (Å²) in [4.78, 5) is 26.2. The predicted molar refractivity (Wildman–Crippen MR) is 88.5 cm³/mol. The van der Waals surface area contributed by atoms with Crippen molar-refractivity contribution in [2.45, 2.75) is 20.3 Å². The summed E-state index contributed by atoms with van der Waals surface area (Å²) in [6, 6.07) is 15.0. The van der Waals surface area contributed by atoms with Crippen molar-refractivity contribution in [1.82, 2.24) is 0 Å². The molecule has 0 spiro atoms. The van der Waals surface area contributed by atoms with Gasteiger partial charge in [0.1, 0.15) is 5.75 Å². The minimum Gasteiger partial charge on any atom is -0.426 e. The molecule has 4 heteroatoms. The highest BCUT2D eigenvalue weighted by molar-refractivity contribution is 5.99. The summed E-state index contributed by atoms with van der Waals surface area (Å²) in [6.45, 7) is 4.27. The van der Waals surface area contributed by atoms with Crippen LogP contribution in [0.5, 0.6) is 5.75 Å². The molecule has 0 N–H and O–H groups in total. The molecule has 1 fully saturated rings. The third-order valence-electron chi connectivity index (χ3n) is 4.29. The molecule has 1 atom stereocenters. The fourth-order valence-electron chi connectivity index (χ4n) is 2.75. The van der Waals surface area contributed by atoms with Crippen LogP contribution in [-0.4, -0.2) is 18.4 Å². The monoisotopic (exact) mass is 309 g/mol. The first-order chi connectivity index (χ1) is 11.1. The average Bonchev–Trinajstić information content (AvgIpc) is 2.95. The number of amides is 1. The maximum Gasteiger partial charge on any atom is 0.316 e. The zero-order valence-corrected chi connectivity index (χ0v) is 13.3. The van der Waals surface area contributed by atoms with Crippen molar-refractivity contribution < 1.29 is 14.3 Å². The molecule has 1 saturated heterocycles. The summed E-state index contributed by atoms with van der Waals surface area (Å²) in [5.74, 6) is -0.243. The molecular formula is C19H19NO3. The van der Waals surface area contributed by atoms with E-state index >= 15 is 0 Å². The SMILES string of the molecule is Cc1cccc(OC(=O)[C@H]2CC(=O)N(c3ccccc3)C2)c1C. The van der Waals surface area contributed by atoms with E-state index in [0.717, 1.165) is 16.8 Å². The van der Waals surface area contributed by atoms with Crippen molar-refractivity contribution >= 4 is 17.6 Å². The number of esters is 1. The zero-order valence-electron chi connectivity index (χ0n) is 13.3. The summed E-state index contributed by atoms with van der Waals surface area (Å²) >= 11 is 0. The van der Waals surface area contributed by atoms with E-state index in [4.69, 9.17) is 4.74 Å². The molecule has 1 aliphatic rings. The van der Waals surface area contributed by atoms with E-state index in [-0.39, 0.29) is 18.3 Å². The highest BCUT2D eigenvalue weighted by atomic mass is 16.5. The van der Waals surface area contributed by atoms with Gasteiger partial charge in [-0.15, -0.1) is 0 Å².